The molecule has 0 unspecified atom stereocenters. The average molecular weight is 392 g/mol. The first-order chi connectivity index (χ1) is 10.1. The van der Waals surface area contributed by atoms with Gasteiger partial charge in [0.25, 0.3) is 5.91 Å². The van der Waals surface area contributed by atoms with Crippen molar-refractivity contribution in [3.8, 4) is 0 Å². The van der Waals surface area contributed by atoms with Crippen LogP contribution in [-0.2, 0) is 7.05 Å². The van der Waals surface area contributed by atoms with Gasteiger partial charge >= 0.3 is 0 Å². The molecular weight excluding hydrogens is 379 g/mol. The van der Waals surface area contributed by atoms with Crippen molar-refractivity contribution in [1.82, 2.24) is 14.8 Å². The number of pyridine rings is 1. The molecule has 2 aromatic heterocycles. The summed E-state index contributed by atoms with van der Waals surface area (Å²) in [5, 5.41) is 8.15. The highest BCUT2D eigenvalue weighted by Crippen LogP contribution is 2.20. The van der Waals surface area contributed by atoms with Gasteiger partial charge < -0.3 is 5.32 Å². The second kappa shape index (κ2) is 5.44. The molecule has 0 spiro atoms. The fraction of sp³-hybridized carbons (Fsp3) is 0.133. The Kier molecular flexibility index (Phi) is 3.62. The molecule has 2 heterocycles. The molecule has 3 aromatic rings. The van der Waals surface area contributed by atoms with Gasteiger partial charge in [0.05, 0.1) is 23.1 Å². The lowest BCUT2D eigenvalue weighted by Crippen LogP contribution is -2.13. The van der Waals surface area contributed by atoms with Crippen molar-refractivity contribution in [2.24, 2.45) is 7.05 Å². The maximum atomic E-state index is 12.3. The molecular formula is C15H13IN4O. The van der Waals surface area contributed by atoms with E-state index in [-0.39, 0.29) is 5.91 Å². The van der Waals surface area contributed by atoms with E-state index in [2.05, 4.69) is 38.0 Å². The fourth-order valence-electron chi connectivity index (χ4n) is 2.22. The van der Waals surface area contributed by atoms with Crippen LogP contribution in [0.15, 0.2) is 36.5 Å². The first kappa shape index (κ1) is 14.0. The van der Waals surface area contributed by atoms with Crippen LogP contribution in [0.25, 0.3) is 11.0 Å². The Bertz CT molecular complexity index is 841. The number of anilines is 1. The molecule has 5 nitrogen and oxygen atoms in total. The Hall–Kier alpha value is -1.96. The molecule has 106 valence electrons. The van der Waals surface area contributed by atoms with E-state index >= 15 is 0 Å². The van der Waals surface area contributed by atoms with Crippen LogP contribution in [0.4, 0.5) is 5.69 Å². The molecule has 1 amide bonds. The molecule has 0 aliphatic carbocycles. The molecule has 6 heteroatoms. The fourth-order valence-corrected chi connectivity index (χ4v) is 2.85. The number of hydrogen-bond donors (Lipinski definition) is 1. The molecule has 0 saturated heterocycles. The number of halogens is 1. The summed E-state index contributed by atoms with van der Waals surface area (Å²) < 4.78 is 2.65. The predicted molar refractivity (Wildman–Crippen MR) is 90.4 cm³/mol. The van der Waals surface area contributed by atoms with Gasteiger partial charge in [0.2, 0.25) is 0 Å². The van der Waals surface area contributed by atoms with Crippen molar-refractivity contribution < 1.29 is 4.79 Å². The number of nitrogens with zero attached hydrogens (tertiary/aromatic N) is 3. The van der Waals surface area contributed by atoms with E-state index < -0.39 is 0 Å². The monoisotopic (exact) mass is 392 g/mol. The van der Waals surface area contributed by atoms with Gasteiger partial charge in [0.1, 0.15) is 0 Å². The van der Waals surface area contributed by atoms with Crippen LogP contribution < -0.4 is 5.32 Å². The summed E-state index contributed by atoms with van der Waals surface area (Å²) in [5.74, 6) is -0.136. The third-order valence-corrected chi connectivity index (χ3v) is 4.18. The number of amides is 1. The summed E-state index contributed by atoms with van der Waals surface area (Å²) in [7, 11) is 1.85. The van der Waals surface area contributed by atoms with Gasteiger partial charge in [-0.3, -0.25) is 9.48 Å². The van der Waals surface area contributed by atoms with E-state index in [1.54, 1.807) is 16.9 Å². The van der Waals surface area contributed by atoms with E-state index in [1.807, 2.05) is 38.2 Å². The zero-order valence-electron chi connectivity index (χ0n) is 11.6. The quantitative estimate of drug-likeness (QED) is 0.682. The molecule has 3 rings (SSSR count). The minimum atomic E-state index is -0.136. The van der Waals surface area contributed by atoms with Crippen LogP contribution in [0.5, 0.6) is 0 Å². The van der Waals surface area contributed by atoms with Crippen LogP contribution in [0.1, 0.15) is 16.1 Å². The smallest absolute Gasteiger partial charge is 0.256 e. The summed E-state index contributed by atoms with van der Waals surface area (Å²) in [4.78, 5) is 16.7. The molecule has 0 aliphatic heterocycles. The summed E-state index contributed by atoms with van der Waals surface area (Å²) in [5.41, 5.74) is 3.02. The van der Waals surface area contributed by atoms with Crippen molar-refractivity contribution in [1.29, 1.82) is 0 Å². The number of benzene rings is 1. The van der Waals surface area contributed by atoms with Crippen molar-refractivity contribution in [3.05, 3.63) is 51.4 Å². The van der Waals surface area contributed by atoms with E-state index in [0.29, 0.717) is 11.3 Å². The maximum absolute atomic E-state index is 12.3. The van der Waals surface area contributed by atoms with Crippen molar-refractivity contribution in [3.63, 3.8) is 0 Å². The molecule has 0 bridgehead atoms. The maximum Gasteiger partial charge on any atom is 0.256 e. The number of hydrogen-bond acceptors (Lipinski definition) is 3. The Labute approximate surface area is 135 Å². The number of carbonyl (C=O) groups excluding carboxylic acids is 1. The predicted octanol–water partition coefficient (Wildman–Crippen LogP) is 3.13. The lowest BCUT2D eigenvalue weighted by Gasteiger charge is -2.06. The largest absolute Gasteiger partial charge is 0.321 e. The number of fused-ring (bicyclic) bond motifs is 1. The molecule has 21 heavy (non-hydrogen) atoms. The molecule has 0 radical (unpaired) electrons. The lowest BCUT2D eigenvalue weighted by atomic mass is 10.2. The third kappa shape index (κ3) is 2.63. The molecule has 0 saturated carbocycles. The minimum Gasteiger partial charge on any atom is -0.321 e. The van der Waals surface area contributed by atoms with Gasteiger partial charge in [-0.25, -0.2) is 4.98 Å². The number of rotatable bonds is 2. The minimum absolute atomic E-state index is 0.136. The summed E-state index contributed by atoms with van der Waals surface area (Å²) in [6, 6.07) is 9.37. The lowest BCUT2D eigenvalue weighted by molar-refractivity contribution is 0.102. The third-order valence-electron chi connectivity index (χ3n) is 3.24. The Morgan fingerprint density at radius 3 is 2.86 bits per heavy atom. The van der Waals surface area contributed by atoms with Crippen LogP contribution in [0.3, 0.4) is 0 Å². The topological polar surface area (TPSA) is 59.8 Å². The first-order valence-electron chi connectivity index (χ1n) is 6.41. The van der Waals surface area contributed by atoms with Crippen LogP contribution in [-0.4, -0.2) is 20.7 Å². The SMILES string of the molecule is Cc1nn(C)c2ncc(NC(=O)c3ccccc3I)cc12. The summed E-state index contributed by atoms with van der Waals surface area (Å²) >= 11 is 2.15. The van der Waals surface area contributed by atoms with Gasteiger partial charge in [-0.2, -0.15) is 5.10 Å². The number of nitrogens with one attached hydrogen (secondary N) is 1. The van der Waals surface area contributed by atoms with Gasteiger partial charge in [-0.1, -0.05) is 12.1 Å². The van der Waals surface area contributed by atoms with E-state index in [4.69, 9.17) is 0 Å². The molecule has 1 N–H and O–H groups in total. The van der Waals surface area contributed by atoms with E-state index in [0.717, 1.165) is 20.3 Å². The van der Waals surface area contributed by atoms with Crippen LogP contribution in [0.2, 0.25) is 0 Å². The normalized spacial score (nSPS) is 10.8. The second-order valence-electron chi connectivity index (χ2n) is 4.74. The van der Waals surface area contributed by atoms with Gasteiger partial charge in [-0.15, -0.1) is 0 Å². The molecule has 0 aliphatic rings. The second-order valence-corrected chi connectivity index (χ2v) is 5.90. The average Bonchev–Trinajstić information content (AvgIpc) is 2.74. The highest BCUT2D eigenvalue weighted by atomic mass is 127. The van der Waals surface area contributed by atoms with Crippen LogP contribution in [0, 0.1) is 10.5 Å². The van der Waals surface area contributed by atoms with Gasteiger partial charge in [0, 0.05) is 16.0 Å². The molecule has 0 atom stereocenters. The molecule has 1 aromatic carbocycles. The highest BCUT2D eigenvalue weighted by Gasteiger charge is 2.12. The van der Waals surface area contributed by atoms with Gasteiger partial charge in [0.15, 0.2) is 5.65 Å². The Balaban J connectivity index is 1.93. The zero-order chi connectivity index (χ0) is 15.0. The standard InChI is InChI=1S/C15H13IN4O/c1-9-12-7-10(8-17-14(12)20(2)19-9)18-15(21)11-5-3-4-6-13(11)16/h3-8H,1-2H3,(H,18,21). The number of carbonyl (C=O) groups is 1. The van der Waals surface area contributed by atoms with Crippen molar-refractivity contribution in [2.45, 2.75) is 6.92 Å². The summed E-state index contributed by atoms with van der Waals surface area (Å²) in [6.45, 7) is 1.93. The van der Waals surface area contributed by atoms with Crippen molar-refractivity contribution in [2.75, 3.05) is 5.32 Å². The van der Waals surface area contributed by atoms with Crippen LogP contribution >= 0.6 is 22.6 Å². The van der Waals surface area contributed by atoms with E-state index in [1.165, 1.54) is 0 Å². The van der Waals surface area contributed by atoms with Crippen molar-refractivity contribution >= 4 is 45.2 Å². The molecule has 0 fully saturated rings. The zero-order valence-corrected chi connectivity index (χ0v) is 13.7. The number of aromatic nitrogens is 3. The summed E-state index contributed by atoms with van der Waals surface area (Å²) in [6.07, 6.45) is 1.65. The first-order valence-corrected chi connectivity index (χ1v) is 7.49. The Morgan fingerprint density at radius 1 is 1.33 bits per heavy atom. The van der Waals surface area contributed by atoms with Gasteiger partial charge in [-0.05, 0) is 47.7 Å². The number of aryl methyl sites for hydroxylation is 2. The van der Waals surface area contributed by atoms with E-state index in [9.17, 15) is 4.79 Å². The Morgan fingerprint density at radius 2 is 2.10 bits per heavy atom. The highest BCUT2D eigenvalue weighted by molar-refractivity contribution is 14.1.